The third kappa shape index (κ3) is 2.03. The Morgan fingerprint density at radius 1 is 1.69 bits per heavy atom. The topological polar surface area (TPSA) is 79.4 Å². The van der Waals surface area contributed by atoms with Crippen molar-refractivity contribution in [3.05, 3.63) is 0 Å². The fourth-order valence-corrected chi connectivity index (χ4v) is 2.79. The van der Waals surface area contributed by atoms with Gasteiger partial charge < -0.3 is 5.32 Å². The summed E-state index contributed by atoms with van der Waals surface area (Å²) in [6.07, 6.45) is 2.26. The normalized spacial score (nSPS) is 19.1. The van der Waals surface area contributed by atoms with E-state index in [1.54, 1.807) is 11.7 Å². The van der Waals surface area contributed by atoms with Gasteiger partial charge in [0.1, 0.15) is 5.54 Å². The number of hydrogen-bond acceptors (Lipinski definition) is 6. The SMILES string of the molecule is CNC(C#N)(CSc1nnnn1C)C1CC1. The molecule has 16 heavy (non-hydrogen) atoms. The number of nitriles is 1. The number of aromatic nitrogens is 4. The highest BCUT2D eigenvalue weighted by molar-refractivity contribution is 7.99. The quantitative estimate of drug-likeness (QED) is 0.738. The van der Waals surface area contributed by atoms with Crippen molar-refractivity contribution in [2.45, 2.75) is 23.5 Å². The average molecular weight is 238 g/mol. The molecule has 1 saturated carbocycles. The Labute approximate surface area is 98.4 Å². The molecule has 0 radical (unpaired) electrons. The number of tetrazole rings is 1. The van der Waals surface area contributed by atoms with E-state index in [1.165, 1.54) is 11.8 Å². The number of nitrogens with one attached hydrogen (secondary N) is 1. The third-order valence-corrected chi connectivity index (χ3v) is 4.13. The molecule has 0 amide bonds. The molecule has 1 heterocycles. The zero-order valence-electron chi connectivity index (χ0n) is 9.34. The van der Waals surface area contributed by atoms with Crippen molar-refractivity contribution in [1.29, 1.82) is 5.26 Å². The molecule has 1 aromatic rings. The van der Waals surface area contributed by atoms with Crippen molar-refractivity contribution >= 4 is 11.8 Å². The van der Waals surface area contributed by atoms with Crippen LogP contribution in [0.15, 0.2) is 5.16 Å². The van der Waals surface area contributed by atoms with Crippen molar-refractivity contribution in [2.24, 2.45) is 13.0 Å². The van der Waals surface area contributed by atoms with E-state index in [4.69, 9.17) is 0 Å². The molecular formula is C9H14N6S. The zero-order chi connectivity index (χ0) is 11.6. The van der Waals surface area contributed by atoms with E-state index in [0.717, 1.165) is 18.0 Å². The van der Waals surface area contributed by atoms with Crippen LogP contribution in [0.2, 0.25) is 0 Å². The number of aryl methyl sites for hydroxylation is 1. The van der Waals surface area contributed by atoms with Gasteiger partial charge in [-0.05, 0) is 36.2 Å². The highest BCUT2D eigenvalue weighted by Gasteiger charge is 2.44. The molecule has 86 valence electrons. The van der Waals surface area contributed by atoms with Crippen LogP contribution in [0.3, 0.4) is 0 Å². The summed E-state index contributed by atoms with van der Waals surface area (Å²) >= 11 is 1.52. The highest BCUT2D eigenvalue weighted by atomic mass is 32.2. The van der Waals surface area contributed by atoms with Gasteiger partial charge in [0.15, 0.2) is 0 Å². The molecule has 1 aliphatic carbocycles. The minimum absolute atomic E-state index is 0.434. The van der Waals surface area contributed by atoms with Crippen molar-refractivity contribution in [3.8, 4) is 6.07 Å². The Morgan fingerprint density at radius 2 is 2.44 bits per heavy atom. The van der Waals surface area contributed by atoms with Crippen LogP contribution in [-0.4, -0.2) is 38.5 Å². The molecule has 1 unspecified atom stereocenters. The van der Waals surface area contributed by atoms with Crippen molar-refractivity contribution in [3.63, 3.8) is 0 Å². The fraction of sp³-hybridized carbons (Fsp3) is 0.778. The maximum Gasteiger partial charge on any atom is 0.209 e. The Hall–Kier alpha value is -1.13. The van der Waals surface area contributed by atoms with Gasteiger partial charge in [-0.2, -0.15) is 5.26 Å². The minimum Gasteiger partial charge on any atom is -0.302 e. The van der Waals surface area contributed by atoms with Crippen LogP contribution in [-0.2, 0) is 7.05 Å². The first-order chi connectivity index (χ1) is 7.72. The Morgan fingerprint density at radius 3 is 2.88 bits per heavy atom. The summed E-state index contributed by atoms with van der Waals surface area (Å²) < 4.78 is 1.62. The molecule has 1 fully saturated rings. The number of hydrogen-bond donors (Lipinski definition) is 1. The lowest BCUT2D eigenvalue weighted by Crippen LogP contribution is -2.46. The summed E-state index contributed by atoms with van der Waals surface area (Å²) in [5, 5.41) is 24.4. The van der Waals surface area contributed by atoms with Gasteiger partial charge in [-0.3, -0.25) is 0 Å². The second-order valence-corrected chi connectivity index (χ2v) is 4.92. The third-order valence-electron chi connectivity index (χ3n) is 2.93. The molecule has 1 N–H and O–H groups in total. The number of rotatable bonds is 5. The molecule has 6 nitrogen and oxygen atoms in total. The lowest BCUT2D eigenvalue weighted by molar-refractivity contribution is 0.440. The van der Waals surface area contributed by atoms with Gasteiger partial charge in [-0.15, -0.1) is 5.10 Å². The van der Waals surface area contributed by atoms with E-state index in [2.05, 4.69) is 26.9 Å². The Balaban J connectivity index is 2.02. The molecule has 1 aromatic heterocycles. The van der Waals surface area contributed by atoms with Crippen LogP contribution < -0.4 is 5.32 Å². The average Bonchev–Trinajstić information content (AvgIpc) is 3.07. The van der Waals surface area contributed by atoms with Crippen molar-refractivity contribution in [1.82, 2.24) is 25.5 Å². The Kier molecular flexibility index (Phi) is 3.12. The van der Waals surface area contributed by atoms with Crippen LogP contribution in [0.25, 0.3) is 0 Å². The van der Waals surface area contributed by atoms with E-state index in [9.17, 15) is 5.26 Å². The molecule has 0 aliphatic heterocycles. The van der Waals surface area contributed by atoms with E-state index >= 15 is 0 Å². The molecule has 0 bridgehead atoms. The van der Waals surface area contributed by atoms with Crippen LogP contribution in [0.1, 0.15) is 12.8 Å². The van der Waals surface area contributed by atoms with Crippen LogP contribution in [0, 0.1) is 17.2 Å². The molecule has 1 aliphatic rings. The van der Waals surface area contributed by atoms with Crippen LogP contribution in [0.4, 0.5) is 0 Å². The molecular weight excluding hydrogens is 224 g/mol. The number of thioether (sulfide) groups is 1. The summed E-state index contributed by atoms with van der Waals surface area (Å²) in [4.78, 5) is 0. The predicted octanol–water partition coefficient (Wildman–Crippen LogP) is 0.194. The van der Waals surface area contributed by atoms with E-state index < -0.39 is 5.54 Å². The monoisotopic (exact) mass is 238 g/mol. The molecule has 0 spiro atoms. The minimum atomic E-state index is -0.434. The summed E-state index contributed by atoms with van der Waals surface area (Å²) in [7, 11) is 3.64. The summed E-state index contributed by atoms with van der Waals surface area (Å²) in [5.74, 6) is 1.15. The van der Waals surface area contributed by atoms with E-state index in [0.29, 0.717) is 11.7 Å². The largest absolute Gasteiger partial charge is 0.302 e. The van der Waals surface area contributed by atoms with Gasteiger partial charge in [0.05, 0.1) is 6.07 Å². The molecule has 2 rings (SSSR count). The summed E-state index contributed by atoms with van der Waals surface area (Å²) in [6.45, 7) is 0. The zero-order valence-corrected chi connectivity index (χ0v) is 10.2. The van der Waals surface area contributed by atoms with Gasteiger partial charge in [-0.1, -0.05) is 11.8 Å². The number of nitrogens with zero attached hydrogens (tertiary/aromatic N) is 5. The first-order valence-electron chi connectivity index (χ1n) is 5.17. The molecule has 0 saturated heterocycles. The Bertz CT molecular complexity index is 406. The van der Waals surface area contributed by atoms with Crippen molar-refractivity contribution < 1.29 is 0 Å². The molecule has 1 atom stereocenters. The van der Waals surface area contributed by atoms with E-state index in [-0.39, 0.29) is 0 Å². The van der Waals surface area contributed by atoms with Gasteiger partial charge >= 0.3 is 0 Å². The predicted molar refractivity (Wildman–Crippen MR) is 59.6 cm³/mol. The maximum atomic E-state index is 9.30. The lowest BCUT2D eigenvalue weighted by Gasteiger charge is -2.24. The molecule has 0 aromatic carbocycles. The van der Waals surface area contributed by atoms with Crippen molar-refractivity contribution in [2.75, 3.05) is 12.8 Å². The van der Waals surface area contributed by atoms with E-state index in [1.807, 2.05) is 7.05 Å². The first-order valence-corrected chi connectivity index (χ1v) is 6.16. The van der Waals surface area contributed by atoms with Gasteiger partial charge in [0, 0.05) is 12.8 Å². The highest BCUT2D eigenvalue weighted by Crippen LogP contribution is 2.41. The lowest BCUT2D eigenvalue weighted by atomic mass is 9.98. The summed E-state index contributed by atoms with van der Waals surface area (Å²) in [5.41, 5.74) is -0.434. The van der Waals surface area contributed by atoms with Gasteiger partial charge in [0.2, 0.25) is 5.16 Å². The first kappa shape index (κ1) is 11.4. The smallest absolute Gasteiger partial charge is 0.209 e. The van der Waals surface area contributed by atoms with Crippen LogP contribution >= 0.6 is 11.8 Å². The van der Waals surface area contributed by atoms with Crippen LogP contribution in [0.5, 0.6) is 0 Å². The second kappa shape index (κ2) is 4.39. The maximum absolute atomic E-state index is 9.30. The molecule has 7 heteroatoms. The fourth-order valence-electron chi connectivity index (χ4n) is 1.67. The second-order valence-electron chi connectivity index (χ2n) is 3.98. The standard InChI is InChI=1S/C9H14N6S/c1-11-9(5-10,7-3-4-7)6-16-8-12-13-14-15(8)2/h7,11H,3-4,6H2,1-2H3. The van der Waals surface area contributed by atoms with Gasteiger partial charge in [0.25, 0.3) is 0 Å². The summed E-state index contributed by atoms with van der Waals surface area (Å²) in [6, 6.07) is 2.40. The van der Waals surface area contributed by atoms with Gasteiger partial charge in [-0.25, -0.2) is 4.68 Å².